The van der Waals surface area contributed by atoms with Crippen LogP contribution in [0.1, 0.15) is 97.4 Å². The molecule has 1 fully saturated rings. The Morgan fingerprint density at radius 2 is 1.51 bits per heavy atom. The van der Waals surface area contributed by atoms with Crippen LogP contribution in [-0.4, -0.2) is 57.5 Å². The Morgan fingerprint density at radius 1 is 0.906 bits per heavy atom. The summed E-state index contributed by atoms with van der Waals surface area (Å²) in [5, 5.41) is 17.8. The lowest BCUT2D eigenvalue weighted by molar-refractivity contribution is -0.275. The third-order valence-corrected chi connectivity index (χ3v) is 14.5. The number of nitrogens with one attached hydrogen (secondary N) is 3. The predicted octanol–water partition coefficient (Wildman–Crippen LogP) is 8.33. The van der Waals surface area contributed by atoms with Crippen molar-refractivity contribution >= 4 is 31.9 Å². The van der Waals surface area contributed by atoms with Crippen molar-refractivity contribution in [2.24, 2.45) is 0 Å². The molecule has 1 saturated carbocycles. The molecule has 0 aromatic heterocycles. The predicted molar refractivity (Wildman–Crippen MR) is 198 cm³/mol. The second-order valence-corrected chi connectivity index (χ2v) is 19.6. The quantitative estimate of drug-likeness (QED) is 0.102. The molecule has 1 aliphatic rings. The fraction of sp³-hybridized carbons (Fsp3) is 0.462. The SMILES string of the molecule is COC(=O)[C@H](O)CNC(=O)c1ccc(C(NC(=O)Nc2ccc(OC(F)(F)F)c(CO[Si](C)(C)C(C)(C)C)c2)c2ccc(C3CCCCC3)cc2)cc1. The average Bonchev–Trinajstić information content (AvgIpc) is 3.12. The van der Waals surface area contributed by atoms with E-state index in [1.54, 1.807) is 24.3 Å². The van der Waals surface area contributed by atoms with Crippen LogP contribution in [0, 0.1) is 0 Å². The molecule has 1 unspecified atom stereocenters. The van der Waals surface area contributed by atoms with Crippen molar-refractivity contribution in [3.8, 4) is 5.75 Å². The first-order valence-electron chi connectivity index (χ1n) is 17.7. The second-order valence-electron chi connectivity index (χ2n) is 14.8. The van der Waals surface area contributed by atoms with Gasteiger partial charge < -0.3 is 35.0 Å². The molecule has 0 spiro atoms. The van der Waals surface area contributed by atoms with E-state index in [1.807, 2.05) is 46.0 Å². The van der Waals surface area contributed by atoms with Crippen LogP contribution < -0.4 is 20.7 Å². The molecule has 10 nitrogen and oxygen atoms in total. The number of methoxy groups -OCH3 is 1. The van der Waals surface area contributed by atoms with Crippen LogP contribution >= 0.6 is 0 Å². The number of hydrogen-bond donors (Lipinski definition) is 4. The van der Waals surface area contributed by atoms with Gasteiger partial charge in [0.1, 0.15) is 5.75 Å². The van der Waals surface area contributed by atoms with Gasteiger partial charge in [0.25, 0.3) is 5.91 Å². The number of carbonyl (C=O) groups excluding carboxylic acids is 3. The summed E-state index contributed by atoms with van der Waals surface area (Å²) in [5.74, 6) is -1.34. The molecule has 53 heavy (non-hydrogen) atoms. The summed E-state index contributed by atoms with van der Waals surface area (Å²) in [4.78, 5) is 37.8. The van der Waals surface area contributed by atoms with Gasteiger partial charge in [-0.25, -0.2) is 9.59 Å². The minimum Gasteiger partial charge on any atom is -0.467 e. The molecule has 1 aliphatic carbocycles. The van der Waals surface area contributed by atoms with Gasteiger partial charge in [-0.15, -0.1) is 13.2 Å². The smallest absolute Gasteiger partial charge is 0.467 e. The summed E-state index contributed by atoms with van der Waals surface area (Å²) < 4.78 is 54.8. The molecule has 0 radical (unpaired) electrons. The van der Waals surface area contributed by atoms with Gasteiger partial charge in [-0.2, -0.15) is 0 Å². The van der Waals surface area contributed by atoms with E-state index in [0.29, 0.717) is 11.5 Å². The summed E-state index contributed by atoms with van der Waals surface area (Å²) in [7, 11) is -1.22. The molecule has 2 atom stereocenters. The lowest BCUT2D eigenvalue weighted by Gasteiger charge is -2.36. The Kier molecular flexibility index (Phi) is 13.7. The number of aliphatic hydroxyl groups excluding tert-OH is 1. The highest BCUT2D eigenvalue weighted by Gasteiger charge is 2.38. The number of urea groups is 1. The van der Waals surface area contributed by atoms with Crippen molar-refractivity contribution in [3.05, 3.63) is 94.5 Å². The second kappa shape index (κ2) is 17.6. The lowest BCUT2D eigenvalue weighted by Crippen LogP contribution is -2.40. The van der Waals surface area contributed by atoms with Crippen LogP contribution in [0.4, 0.5) is 23.7 Å². The van der Waals surface area contributed by atoms with E-state index in [4.69, 9.17) is 4.43 Å². The molecule has 14 heteroatoms. The van der Waals surface area contributed by atoms with E-state index >= 15 is 0 Å². The molecule has 3 aromatic carbocycles. The first-order valence-corrected chi connectivity index (χ1v) is 20.6. The Labute approximate surface area is 309 Å². The van der Waals surface area contributed by atoms with E-state index in [1.165, 1.54) is 37.0 Å². The minimum absolute atomic E-state index is 0.132. The molecule has 0 aliphatic heterocycles. The van der Waals surface area contributed by atoms with Gasteiger partial charge in [0, 0.05) is 16.8 Å². The van der Waals surface area contributed by atoms with Gasteiger partial charge in [-0.3, -0.25) is 4.79 Å². The van der Waals surface area contributed by atoms with E-state index in [0.717, 1.165) is 31.6 Å². The monoisotopic (exact) mass is 757 g/mol. The van der Waals surface area contributed by atoms with Crippen LogP contribution in [0.5, 0.6) is 5.75 Å². The standard InChI is InChI=1S/C39H50F3N3O7Si/c1-38(2,3)53(5,6)51-24-30-22-31(20-21-33(30)52-39(40,41)42)44-37(49)45-34(27-14-12-26(13-15-27)25-10-8-7-9-11-25)28-16-18-29(19-17-28)35(47)43-23-32(46)36(48)50-4/h12-22,25,32,34,46H,7-11,23-24H2,1-6H3,(H,43,47)(H2,44,45,49)/t32-,34?/m1/s1. The van der Waals surface area contributed by atoms with E-state index in [9.17, 15) is 32.7 Å². The summed E-state index contributed by atoms with van der Waals surface area (Å²) in [5.41, 5.74) is 3.28. The molecular formula is C39H50F3N3O7Si. The minimum atomic E-state index is -4.92. The molecule has 0 saturated heterocycles. The number of hydrogen-bond acceptors (Lipinski definition) is 7. The molecule has 3 aromatic rings. The fourth-order valence-corrected chi connectivity index (χ4v) is 6.81. The Bertz CT molecular complexity index is 1710. The van der Waals surface area contributed by atoms with E-state index < -0.39 is 50.5 Å². The Balaban J connectivity index is 1.57. The van der Waals surface area contributed by atoms with Crippen molar-refractivity contribution in [1.29, 1.82) is 0 Å². The average molecular weight is 758 g/mol. The van der Waals surface area contributed by atoms with Crippen LogP contribution in [-0.2, 0) is 20.6 Å². The number of ether oxygens (including phenoxy) is 2. The van der Waals surface area contributed by atoms with Gasteiger partial charge in [0.05, 0.1) is 26.3 Å². The normalized spacial score (nSPS) is 15.2. The van der Waals surface area contributed by atoms with Crippen molar-refractivity contribution in [2.75, 3.05) is 19.0 Å². The van der Waals surface area contributed by atoms with E-state index in [-0.39, 0.29) is 35.0 Å². The van der Waals surface area contributed by atoms with Gasteiger partial charge >= 0.3 is 18.4 Å². The van der Waals surface area contributed by atoms with Crippen LogP contribution in [0.15, 0.2) is 66.7 Å². The molecule has 3 amide bonds. The maximum Gasteiger partial charge on any atom is 0.573 e. The first-order chi connectivity index (χ1) is 24.9. The highest BCUT2D eigenvalue weighted by molar-refractivity contribution is 6.74. The Morgan fingerprint density at radius 3 is 2.08 bits per heavy atom. The molecule has 4 rings (SSSR count). The zero-order valence-corrected chi connectivity index (χ0v) is 32.1. The third-order valence-electron chi connectivity index (χ3n) is 10.00. The van der Waals surface area contributed by atoms with Crippen LogP contribution in [0.25, 0.3) is 0 Å². The number of anilines is 1. The third kappa shape index (κ3) is 11.8. The number of rotatable bonds is 13. The lowest BCUT2D eigenvalue weighted by atomic mass is 9.83. The highest BCUT2D eigenvalue weighted by Crippen LogP contribution is 2.39. The fourth-order valence-electron chi connectivity index (χ4n) is 5.86. The van der Waals surface area contributed by atoms with Crippen molar-refractivity contribution < 1.29 is 46.6 Å². The number of carbonyl (C=O) groups is 3. The molecular weight excluding hydrogens is 708 g/mol. The first kappa shape index (κ1) is 41.4. The largest absolute Gasteiger partial charge is 0.573 e. The van der Waals surface area contributed by atoms with Crippen molar-refractivity contribution in [1.82, 2.24) is 10.6 Å². The number of halogens is 3. The zero-order chi connectivity index (χ0) is 39.0. The maximum atomic E-state index is 13.6. The van der Waals surface area contributed by atoms with Gasteiger partial charge in [0.2, 0.25) is 0 Å². The molecule has 0 bridgehead atoms. The Hall–Kier alpha value is -4.40. The highest BCUT2D eigenvalue weighted by atomic mass is 28.4. The van der Waals surface area contributed by atoms with Crippen LogP contribution in [0.3, 0.4) is 0 Å². The number of esters is 1. The molecule has 4 N–H and O–H groups in total. The number of alkyl halides is 3. The van der Waals surface area contributed by atoms with Gasteiger partial charge in [-0.05, 0) is 83.9 Å². The maximum absolute atomic E-state index is 13.6. The van der Waals surface area contributed by atoms with Crippen molar-refractivity contribution in [3.63, 3.8) is 0 Å². The topological polar surface area (TPSA) is 135 Å². The van der Waals surface area contributed by atoms with E-state index in [2.05, 4.69) is 37.6 Å². The molecule has 288 valence electrons. The van der Waals surface area contributed by atoms with Gasteiger partial charge in [-0.1, -0.05) is 76.4 Å². The van der Waals surface area contributed by atoms with Crippen LogP contribution in [0.2, 0.25) is 18.1 Å². The zero-order valence-electron chi connectivity index (χ0n) is 31.1. The van der Waals surface area contributed by atoms with Crippen molar-refractivity contribution in [2.45, 2.75) is 102 Å². The summed E-state index contributed by atoms with van der Waals surface area (Å²) >= 11 is 0. The van der Waals surface area contributed by atoms with Gasteiger partial charge in [0.15, 0.2) is 14.4 Å². The number of amides is 3. The summed E-state index contributed by atoms with van der Waals surface area (Å²) in [6.07, 6.45) is -0.575. The summed E-state index contributed by atoms with van der Waals surface area (Å²) in [6.45, 7) is 9.57. The molecule has 0 heterocycles. The number of aliphatic hydroxyl groups is 1. The number of benzene rings is 3. The summed E-state index contributed by atoms with van der Waals surface area (Å²) in [6, 6.07) is 17.2.